The van der Waals surface area contributed by atoms with Crippen LogP contribution in [-0.2, 0) is 0 Å². The van der Waals surface area contributed by atoms with Gasteiger partial charge in [-0.25, -0.2) is 4.39 Å². The third-order valence-corrected chi connectivity index (χ3v) is 2.57. The molecule has 1 heterocycles. The number of benzene rings is 1. The van der Waals surface area contributed by atoms with E-state index in [9.17, 15) is 14.0 Å². The number of anilines is 1. The number of H-pyrrole nitrogens is 1. The summed E-state index contributed by atoms with van der Waals surface area (Å²) < 4.78 is 13.5. The molecule has 6 nitrogen and oxygen atoms in total. The van der Waals surface area contributed by atoms with Crippen LogP contribution in [-0.4, -0.2) is 22.0 Å². The molecule has 0 aliphatic heterocycles. The monoisotopic (exact) mass is 262 g/mol. The summed E-state index contributed by atoms with van der Waals surface area (Å²) in [6, 6.07) is 3.50. The Labute approximate surface area is 107 Å². The topological polar surface area (TPSA) is 101 Å². The highest BCUT2D eigenvalue weighted by molar-refractivity contribution is 6.05. The maximum atomic E-state index is 13.5. The molecule has 0 saturated carbocycles. The van der Waals surface area contributed by atoms with Gasteiger partial charge in [-0.1, -0.05) is 0 Å². The minimum Gasteiger partial charge on any atom is -0.366 e. The molecule has 0 spiro atoms. The van der Waals surface area contributed by atoms with E-state index in [1.165, 1.54) is 18.3 Å². The molecule has 0 aliphatic carbocycles. The predicted octanol–water partition coefficient (Wildman–Crippen LogP) is 1.21. The van der Waals surface area contributed by atoms with E-state index in [0.29, 0.717) is 11.3 Å². The van der Waals surface area contributed by atoms with Crippen LogP contribution in [0.25, 0.3) is 0 Å². The van der Waals surface area contributed by atoms with E-state index in [4.69, 9.17) is 5.73 Å². The van der Waals surface area contributed by atoms with Crippen molar-refractivity contribution in [3.63, 3.8) is 0 Å². The zero-order valence-electron chi connectivity index (χ0n) is 10.0. The molecule has 0 unspecified atom stereocenters. The number of rotatable bonds is 3. The quantitative estimate of drug-likeness (QED) is 0.774. The third-order valence-electron chi connectivity index (χ3n) is 2.57. The molecular formula is C12H11FN4O2. The van der Waals surface area contributed by atoms with Crippen LogP contribution < -0.4 is 11.1 Å². The molecule has 2 rings (SSSR count). The van der Waals surface area contributed by atoms with Crippen molar-refractivity contribution in [1.82, 2.24) is 10.2 Å². The normalized spacial score (nSPS) is 10.2. The lowest BCUT2D eigenvalue weighted by atomic mass is 10.1. The number of aromatic nitrogens is 2. The van der Waals surface area contributed by atoms with Crippen molar-refractivity contribution in [1.29, 1.82) is 0 Å². The summed E-state index contributed by atoms with van der Waals surface area (Å²) in [5.41, 5.74) is 5.95. The van der Waals surface area contributed by atoms with Gasteiger partial charge in [0.2, 0.25) is 5.91 Å². The minimum atomic E-state index is -0.699. The minimum absolute atomic E-state index is 0.109. The van der Waals surface area contributed by atoms with Crippen molar-refractivity contribution in [2.75, 3.05) is 5.32 Å². The largest absolute Gasteiger partial charge is 0.366 e. The van der Waals surface area contributed by atoms with Crippen LogP contribution in [0.2, 0.25) is 0 Å². The summed E-state index contributed by atoms with van der Waals surface area (Å²) in [6.07, 6.45) is 1.33. The standard InChI is InChI=1S/C12H11FN4O2/c1-6-8(5-15-17-6)12(19)16-10-4-7(11(14)18)2-3-9(10)13/h2-5H,1H3,(H2,14,18)(H,15,17)(H,16,19). The zero-order chi connectivity index (χ0) is 14.0. The number of hydrogen-bond acceptors (Lipinski definition) is 3. The van der Waals surface area contributed by atoms with Gasteiger partial charge in [-0.15, -0.1) is 0 Å². The second kappa shape index (κ2) is 4.89. The highest BCUT2D eigenvalue weighted by atomic mass is 19.1. The number of nitrogens with one attached hydrogen (secondary N) is 2. The van der Waals surface area contributed by atoms with Crippen LogP contribution in [0.4, 0.5) is 10.1 Å². The van der Waals surface area contributed by atoms with Crippen molar-refractivity contribution in [2.45, 2.75) is 6.92 Å². The molecule has 0 aliphatic rings. The van der Waals surface area contributed by atoms with E-state index in [1.807, 2.05) is 0 Å². The van der Waals surface area contributed by atoms with E-state index in [1.54, 1.807) is 6.92 Å². The summed E-state index contributed by atoms with van der Waals surface area (Å²) in [5.74, 6) is -1.87. The van der Waals surface area contributed by atoms with Crippen LogP contribution in [0.1, 0.15) is 26.4 Å². The predicted molar refractivity (Wildman–Crippen MR) is 66.2 cm³/mol. The number of primary amides is 1. The Kier molecular flexibility index (Phi) is 3.28. The lowest BCUT2D eigenvalue weighted by Crippen LogP contribution is -2.16. The highest BCUT2D eigenvalue weighted by Gasteiger charge is 2.14. The lowest BCUT2D eigenvalue weighted by molar-refractivity contribution is 0.0996. The fraction of sp³-hybridized carbons (Fsp3) is 0.0833. The summed E-state index contributed by atoms with van der Waals surface area (Å²) in [6.45, 7) is 1.66. The van der Waals surface area contributed by atoms with Crippen molar-refractivity contribution >= 4 is 17.5 Å². The number of carbonyl (C=O) groups is 2. The molecule has 0 radical (unpaired) electrons. The summed E-state index contributed by atoms with van der Waals surface area (Å²) in [7, 11) is 0. The number of nitrogens with zero attached hydrogens (tertiary/aromatic N) is 1. The summed E-state index contributed by atoms with van der Waals surface area (Å²) in [4.78, 5) is 22.9. The van der Waals surface area contributed by atoms with Crippen molar-refractivity contribution in [2.24, 2.45) is 5.73 Å². The van der Waals surface area contributed by atoms with Crippen LogP contribution in [0.5, 0.6) is 0 Å². The fourth-order valence-corrected chi connectivity index (χ4v) is 1.54. The summed E-state index contributed by atoms with van der Waals surface area (Å²) >= 11 is 0. The van der Waals surface area contributed by atoms with E-state index in [-0.39, 0.29) is 11.3 Å². The van der Waals surface area contributed by atoms with Gasteiger partial charge < -0.3 is 11.1 Å². The van der Waals surface area contributed by atoms with Gasteiger partial charge >= 0.3 is 0 Å². The Morgan fingerprint density at radius 3 is 2.74 bits per heavy atom. The maximum Gasteiger partial charge on any atom is 0.259 e. The second-order valence-electron chi connectivity index (χ2n) is 3.92. The van der Waals surface area contributed by atoms with Crippen molar-refractivity contribution in [3.8, 4) is 0 Å². The number of amides is 2. The molecule has 7 heteroatoms. The van der Waals surface area contributed by atoms with E-state index in [2.05, 4.69) is 15.5 Å². The van der Waals surface area contributed by atoms with Crippen LogP contribution in [0.15, 0.2) is 24.4 Å². The molecule has 0 atom stereocenters. The molecule has 0 bridgehead atoms. The van der Waals surface area contributed by atoms with E-state index >= 15 is 0 Å². The van der Waals surface area contributed by atoms with Gasteiger partial charge in [0, 0.05) is 11.3 Å². The molecule has 0 fully saturated rings. The third kappa shape index (κ3) is 2.59. The van der Waals surface area contributed by atoms with Crippen molar-refractivity contribution in [3.05, 3.63) is 47.0 Å². The first-order valence-corrected chi connectivity index (χ1v) is 5.39. The first-order valence-electron chi connectivity index (χ1n) is 5.39. The molecule has 2 amide bonds. The van der Waals surface area contributed by atoms with Crippen molar-refractivity contribution < 1.29 is 14.0 Å². The fourth-order valence-electron chi connectivity index (χ4n) is 1.54. The number of aryl methyl sites for hydroxylation is 1. The van der Waals surface area contributed by atoms with E-state index in [0.717, 1.165) is 6.07 Å². The Balaban J connectivity index is 2.28. The molecule has 19 heavy (non-hydrogen) atoms. The number of hydrogen-bond donors (Lipinski definition) is 3. The molecule has 98 valence electrons. The highest BCUT2D eigenvalue weighted by Crippen LogP contribution is 2.17. The van der Waals surface area contributed by atoms with Gasteiger partial charge in [-0.2, -0.15) is 5.10 Å². The molecular weight excluding hydrogens is 251 g/mol. The lowest BCUT2D eigenvalue weighted by Gasteiger charge is -2.07. The van der Waals surface area contributed by atoms with Gasteiger partial charge in [0.25, 0.3) is 5.91 Å². The Morgan fingerprint density at radius 2 is 2.16 bits per heavy atom. The van der Waals surface area contributed by atoms with Gasteiger partial charge in [0.1, 0.15) is 5.82 Å². The Bertz CT molecular complexity index is 651. The Morgan fingerprint density at radius 1 is 1.42 bits per heavy atom. The smallest absolute Gasteiger partial charge is 0.259 e. The van der Waals surface area contributed by atoms with Gasteiger partial charge in [0.05, 0.1) is 17.4 Å². The number of carbonyl (C=O) groups excluding carboxylic acids is 2. The number of halogens is 1. The summed E-state index contributed by atoms with van der Waals surface area (Å²) in [5, 5.41) is 8.67. The first-order chi connectivity index (χ1) is 8.99. The molecule has 0 saturated heterocycles. The van der Waals surface area contributed by atoms with E-state index < -0.39 is 17.6 Å². The second-order valence-corrected chi connectivity index (χ2v) is 3.92. The SMILES string of the molecule is Cc1[nH]ncc1C(=O)Nc1cc(C(N)=O)ccc1F. The van der Waals surface area contributed by atoms with Crippen LogP contribution in [0, 0.1) is 12.7 Å². The first kappa shape index (κ1) is 12.7. The average Bonchev–Trinajstić information content (AvgIpc) is 2.78. The van der Waals surface area contributed by atoms with Gasteiger partial charge in [-0.3, -0.25) is 14.7 Å². The van der Waals surface area contributed by atoms with Gasteiger partial charge in [-0.05, 0) is 25.1 Å². The average molecular weight is 262 g/mol. The molecule has 4 N–H and O–H groups in total. The Hall–Kier alpha value is -2.70. The van der Waals surface area contributed by atoms with Crippen LogP contribution >= 0.6 is 0 Å². The number of aromatic amines is 1. The molecule has 1 aromatic heterocycles. The molecule has 1 aromatic carbocycles. The number of nitrogens with two attached hydrogens (primary N) is 1. The van der Waals surface area contributed by atoms with Gasteiger partial charge in [0.15, 0.2) is 0 Å². The zero-order valence-corrected chi connectivity index (χ0v) is 10.0. The molecule has 2 aromatic rings. The maximum absolute atomic E-state index is 13.5. The van der Waals surface area contributed by atoms with Crippen LogP contribution in [0.3, 0.4) is 0 Å².